The largest absolute Gasteiger partial charge is 0.465 e. The topological polar surface area (TPSA) is 94.4 Å². The van der Waals surface area contributed by atoms with E-state index >= 15 is 0 Å². The Bertz CT molecular complexity index is 1290. The first-order valence-corrected chi connectivity index (χ1v) is 10.2. The van der Waals surface area contributed by atoms with Gasteiger partial charge in [-0.05, 0) is 44.5 Å². The molecule has 0 unspecified atom stereocenters. The van der Waals surface area contributed by atoms with Crippen LogP contribution >= 0.6 is 11.8 Å². The third-order valence-electron chi connectivity index (χ3n) is 4.56. The van der Waals surface area contributed by atoms with Gasteiger partial charge in [-0.3, -0.25) is 4.79 Å². The molecule has 0 atom stereocenters. The number of aryl methyl sites for hydroxylation is 3. The number of hydrogen-bond acceptors (Lipinski definition) is 6. The Morgan fingerprint density at radius 3 is 2.77 bits per heavy atom. The van der Waals surface area contributed by atoms with Crippen LogP contribution in [0.1, 0.15) is 22.6 Å². The number of fused-ring (bicyclic) bond motifs is 1. The minimum Gasteiger partial charge on any atom is -0.465 e. The van der Waals surface area contributed by atoms with Crippen LogP contribution in [0.3, 0.4) is 0 Å². The summed E-state index contributed by atoms with van der Waals surface area (Å²) in [5, 5.41) is 7.69. The summed E-state index contributed by atoms with van der Waals surface area (Å²) >= 11 is 1.44. The van der Waals surface area contributed by atoms with Gasteiger partial charge in [0.25, 0.3) is 0 Å². The van der Waals surface area contributed by atoms with E-state index in [0.29, 0.717) is 16.4 Å². The van der Waals surface area contributed by atoms with Crippen molar-refractivity contribution < 1.29 is 9.21 Å². The van der Waals surface area contributed by atoms with Crippen LogP contribution in [0.2, 0.25) is 0 Å². The van der Waals surface area contributed by atoms with Gasteiger partial charge in [0, 0.05) is 17.3 Å². The normalized spacial score (nSPS) is 11.2. The summed E-state index contributed by atoms with van der Waals surface area (Å²) in [5.74, 6) is 1.10. The molecule has 0 spiro atoms. The molecule has 3 heterocycles. The lowest BCUT2D eigenvalue weighted by molar-refractivity contribution is -0.122. The Kier molecular flexibility index (Phi) is 5.45. The van der Waals surface area contributed by atoms with Gasteiger partial charge >= 0.3 is 5.69 Å². The van der Waals surface area contributed by atoms with Crippen LogP contribution in [-0.4, -0.2) is 25.1 Å². The number of nitrogens with one attached hydrogen (secondary N) is 1. The summed E-state index contributed by atoms with van der Waals surface area (Å²) in [6.07, 6.45) is 3.11. The number of carbonyl (C=O) groups is 1. The van der Waals surface area contributed by atoms with E-state index in [1.807, 2.05) is 39.0 Å². The zero-order chi connectivity index (χ0) is 21.3. The highest BCUT2D eigenvalue weighted by atomic mass is 32.2. The number of aromatic nitrogens is 4. The van der Waals surface area contributed by atoms with Gasteiger partial charge in [-0.2, -0.15) is 0 Å². The molecule has 0 saturated heterocycles. The monoisotopic (exact) mass is 423 g/mol. The van der Waals surface area contributed by atoms with Crippen molar-refractivity contribution in [2.45, 2.75) is 43.8 Å². The fraction of sp³-hybridized carbons (Fsp3) is 0.238. The van der Waals surface area contributed by atoms with Crippen LogP contribution in [0.5, 0.6) is 0 Å². The fourth-order valence-corrected chi connectivity index (χ4v) is 3.98. The molecule has 8 nitrogen and oxygen atoms in total. The van der Waals surface area contributed by atoms with E-state index in [4.69, 9.17) is 4.42 Å². The minimum atomic E-state index is -0.390. The van der Waals surface area contributed by atoms with Crippen molar-refractivity contribution in [2.75, 3.05) is 0 Å². The molecule has 0 aliphatic rings. The molecule has 0 fully saturated rings. The van der Waals surface area contributed by atoms with Gasteiger partial charge in [-0.15, -0.1) is 5.10 Å². The third kappa shape index (κ3) is 4.16. The smallest absolute Gasteiger partial charge is 0.350 e. The zero-order valence-corrected chi connectivity index (χ0v) is 17.7. The summed E-state index contributed by atoms with van der Waals surface area (Å²) in [7, 11) is 0. The highest BCUT2D eigenvalue weighted by molar-refractivity contribution is 7.99. The Morgan fingerprint density at radius 1 is 1.20 bits per heavy atom. The number of furan rings is 1. The molecule has 30 heavy (non-hydrogen) atoms. The molecule has 1 amide bonds. The molecule has 0 radical (unpaired) electrons. The number of benzene rings is 1. The maximum atomic E-state index is 12.7. The summed E-state index contributed by atoms with van der Waals surface area (Å²) in [6, 6.07) is 9.79. The highest BCUT2D eigenvalue weighted by Crippen LogP contribution is 2.30. The zero-order valence-electron chi connectivity index (χ0n) is 16.9. The maximum absolute atomic E-state index is 12.7. The van der Waals surface area contributed by atoms with E-state index in [0.717, 1.165) is 20.9 Å². The van der Waals surface area contributed by atoms with Crippen molar-refractivity contribution in [3.8, 4) is 0 Å². The van der Waals surface area contributed by atoms with Crippen molar-refractivity contribution in [3.63, 3.8) is 0 Å². The summed E-state index contributed by atoms with van der Waals surface area (Å²) < 4.78 is 7.98. The molecule has 9 heteroatoms. The molecule has 0 aliphatic carbocycles. The van der Waals surface area contributed by atoms with Gasteiger partial charge < -0.3 is 9.73 Å². The summed E-state index contributed by atoms with van der Waals surface area (Å²) in [6.45, 7) is 5.98. The molecule has 154 valence electrons. The lowest BCUT2D eigenvalue weighted by atomic mass is 10.2. The van der Waals surface area contributed by atoms with Crippen LogP contribution in [0, 0.1) is 20.8 Å². The predicted molar refractivity (Wildman–Crippen MR) is 113 cm³/mol. The van der Waals surface area contributed by atoms with Gasteiger partial charge in [-0.1, -0.05) is 29.5 Å². The van der Waals surface area contributed by atoms with Gasteiger partial charge in [0.1, 0.15) is 23.1 Å². The van der Waals surface area contributed by atoms with E-state index in [2.05, 4.69) is 21.5 Å². The molecule has 0 aliphatic heterocycles. The molecule has 1 N–H and O–H groups in total. The second kappa shape index (κ2) is 8.19. The first kappa shape index (κ1) is 20.0. The molecule has 0 bridgehead atoms. The van der Waals surface area contributed by atoms with E-state index < -0.39 is 0 Å². The number of rotatable bonds is 6. The SMILES string of the molecule is Cc1ccc(Sc2nccn3c(=O)n(CC(=O)NCc4ccc(C)o4)nc23)c(C)c1. The lowest BCUT2D eigenvalue weighted by Gasteiger charge is -2.06. The average Bonchev–Trinajstić information content (AvgIpc) is 3.26. The van der Waals surface area contributed by atoms with Crippen LogP contribution in [0.25, 0.3) is 5.65 Å². The second-order valence-electron chi connectivity index (χ2n) is 7.03. The summed E-state index contributed by atoms with van der Waals surface area (Å²) in [5.41, 5.74) is 2.33. The Balaban J connectivity index is 1.55. The highest BCUT2D eigenvalue weighted by Gasteiger charge is 2.16. The van der Waals surface area contributed by atoms with Crippen molar-refractivity contribution in [3.05, 3.63) is 75.9 Å². The molecule has 4 aromatic rings. The molecule has 0 saturated carbocycles. The Hall–Kier alpha value is -3.33. The van der Waals surface area contributed by atoms with Crippen LogP contribution < -0.4 is 11.0 Å². The van der Waals surface area contributed by atoms with E-state index in [1.165, 1.54) is 21.7 Å². The van der Waals surface area contributed by atoms with Crippen molar-refractivity contribution in [2.24, 2.45) is 0 Å². The average molecular weight is 423 g/mol. The van der Waals surface area contributed by atoms with Crippen LogP contribution in [-0.2, 0) is 17.9 Å². The number of carbonyl (C=O) groups excluding carboxylic acids is 1. The molecule has 4 rings (SSSR count). The summed E-state index contributed by atoms with van der Waals surface area (Å²) in [4.78, 5) is 30.4. The third-order valence-corrected chi connectivity index (χ3v) is 5.71. The molecule has 1 aromatic carbocycles. The van der Waals surface area contributed by atoms with E-state index in [1.54, 1.807) is 18.5 Å². The second-order valence-corrected chi connectivity index (χ2v) is 8.06. The first-order chi connectivity index (χ1) is 14.4. The van der Waals surface area contributed by atoms with Gasteiger partial charge in [0.05, 0.1) is 6.54 Å². The number of amides is 1. The lowest BCUT2D eigenvalue weighted by Crippen LogP contribution is -2.32. The van der Waals surface area contributed by atoms with E-state index in [9.17, 15) is 9.59 Å². The van der Waals surface area contributed by atoms with Crippen LogP contribution in [0.4, 0.5) is 0 Å². The molecule has 3 aromatic heterocycles. The van der Waals surface area contributed by atoms with Crippen molar-refractivity contribution >= 4 is 23.3 Å². The molecular weight excluding hydrogens is 402 g/mol. The Morgan fingerprint density at radius 2 is 2.03 bits per heavy atom. The number of hydrogen-bond donors (Lipinski definition) is 1. The quantitative estimate of drug-likeness (QED) is 0.512. The van der Waals surface area contributed by atoms with Gasteiger partial charge in [0.15, 0.2) is 5.65 Å². The maximum Gasteiger partial charge on any atom is 0.350 e. The standard InChI is InChI=1S/C21H21N5O3S/c1-13-4-7-17(14(2)10-13)30-20-19-24-26(21(28)25(19)9-8-22-20)12-18(27)23-11-16-6-5-15(3)29-16/h4-10H,11-12H2,1-3H3,(H,23,27). The number of nitrogens with zero attached hydrogens (tertiary/aromatic N) is 4. The van der Waals surface area contributed by atoms with Crippen molar-refractivity contribution in [1.82, 2.24) is 24.5 Å². The van der Waals surface area contributed by atoms with E-state index in [-0.39, 0.29) is 24.7 Å². The minimum absolute atomic E-state index is 0.187. The fourth-order valence-electron chi connectivity index (χ4n) is 3.08. The first-order valence-electron chi connectivity index (χ1n) is 9.42. The molecular formula is C21H21N5O3S. The van der Waals surface area contributed by atoms with Crippen LogP contribution in [0.15, 0.2) is 61.9 Å². The van der Waals surface area contributed by atoms with Crippen molar-refractivity contribution in [1.29, 1.82) is 0 Å². The predicted octanol–water partition coefficient (Wildman–Crippen LogP) is 2.88. The van der Waals surface area contributed by atoms with Gasteiger partial charge in [0.2, 0.25) is 5.91 Å². The van der Waals surface area contributed by atoms with Gasteiger partial charge in [-0.25, -0.2) is 18.9 Å². The Labute approximate surface area is 176 Å².